The lowest BCUT2D eigenvalue weighted by Gasteiger charge is -2.23. The zero-order chi connectivity index (χ0) is 10.4. The van der Waals surface area contributed by atoms with Crippen LogP contribution in [0.15, 0.2) is 12.5 Å². The first-order valence-corrected chi connectivity index (χ1v) is 5.45. The molecule has 0 atom stereocenters. The van der Waals surface area contributed by atoms with Crippen molar-refractivity contribution in [1.29, 1.82) is 0 Å². The molecular weight excluding hydrogens is 174 g/mol. The lowest BCUT2D eigenvalue weighted by Crippen LogP contribution is -2.29. The van der Waals surface area contributed by atoms with E-state index in [1.165, 1.54) is 18.5 Å². The van der Waals surface area contributed by atoms with Gasteiger partial charge in [0.1, 0.15) is 0 Å². The Labute approximate surface area is 86.7 Å². The molecule has 1 aliphatic rings. The van der Waals surface area contributed by atoms with E-state index in [1.807, 2.05) is 12.5 Å². The second-order valence-corrected chi connectivity index (χ2v) is 3.82. The molecule has 1 aliphatic heterocycles. The average Bonchev–Trinajstić information content (AvgIpc) is 2.65. The van der Waals surface area contributed by atoms with E-state index in [-0.39, 0.29) is 0 Å². The molecule has 1 aromatic heterocycles. The van der Waals surface area contributed by atoms with Gasteiger partial charge in [0, 0.05) is 25.8 Å². The van der Waals surface area contributed by atoms with Crippen molar-refractivity contribution in [3.8, 4) is 0 Å². The Bertz CT molecular complexity index is 253. The summed E-state index contributed by atoms with van der Waals surface area (Å²) in [5.41, 5.74) is 1.33. The molecule has 3 heteroatoms. The van der Waals surface area contributed by atoms with E-state index < -0.39 is 0 Å². The fraction of sp³-hybridized carbons (Fsp3) is 0.727. The topological polar surface area (TPSA) is 21.1 Å². The smallest absolute Gasteiger partial charge is 0.0949 e. The van der Waals surface area contributed by atoms with Gasteiger partial charge in [0.2, 0.25) is 0 Å². The normalized spacial score (nSPS) is 15.6. The van der Waals surface area contributed by atoms with Gasteiger partial charge in [-0.15, -0.1) is 0 Å². The van der Waals surface area contributed by atoms with Crippen LogP contribution in [0.2, 0.25) is 0 Å². The van der Waals surface area contributed by atoms with Crippen molar-refractivity contribution in [2.24, 2.45) is 0 Å². The highest BCUT2D eigenvalue weighted by Crippen LogP contribution is 2.08. The fourth-order valence-corrected chi connectivity index (χ4v) is 1.32. The monoisotopic (exact) mass is 195 g/mol. The summed E-state index contributed by atoms with van der Waals surface area (Å²) >= 11 is 0. The van der Waals surface area contributed by atoms with Crippen LogP contribution < -0.4 is 0 Å². The molecule has 0 unspecified atom stereocenters. The van der Waals surface area contributed by atoms with Crippen LogP contribution in [0.25, 0.3) is 0 Å². The number of hydrogen-bond acceptors (Lipinski definition) is 2. The predicted molar refractivity (Wildman–Crippen MR) is 59.1 cm³/mol. The third kappa shape index (κ3) is 3.14. The summed E-state index contributed by atoms with van der Waals surface area (Å²) < 4.78 is 2.21. The van der Waals surface area contributed by atoms with Gasteiger partial charge in [0.25, 0.3) is 0 Å². The van der Waals surface area contributed by atoms with E-state index in [2.05, 4.69) is 35.3 Å². The highest BCUT2D eigenvalue weighted by atomic mass is 15.2. The molecule has 14 heavy (non-hydrogen) atoms. The maximum Gasteiger partial charge on any atom is 0.0949 e. The number of aromatic nitrogens is 2. The number of likely N-dealkylation sites (N-methyl/N-ethyl adjacent to an activating group) is 1. The molecule has 0 aliphatic carbocycles. The molecule has 0 saturated carbocycles. The van der Waals surface area contributed by atoms with E-state index >= 15 is 0 Å². The molecule has 0 spiro atoms. The van der Waals surface area contributed by atoms with Crippen LogP contribution in [0, 0.1) is 0 Å². The van der Waals surface area contributed by atoms with Crippen molar-refractivity contribution in [3.05, 3.63) is 18.2 Å². The number of fused-ring (bicyclic) bond motifs is 1. The van der Waals surface area contributed by atoms with Crippen molar-refractivity contribution in [3.63, 3.8) is 0 Å². The second-order valence-electron chi connectivity index (χ2n) is 3.82. The summed E-state index contributed by atoms with van der Waals surface area (Å²) in [5, 5.41) is 0. The largest absolute Gasteiger partial charge is 0.332 e. The van der Waals surface area contributed by atoms with Gasteiger partial charge < -0.3 is 4.57 Å². The van der Waals surface area contributed by atoms with Crippen molar-refractivity contribution in [1.82, 2.24) is 14.5 Å². The molecule has 3 nitrogen and oxygen atoms in total. The lowest BCUT2D eigenvalue weighted by atomic mass is 10.3. The van der Waals surface area contributed by atoms with Gasteiger partial charge in [-0.05, 0) is 7.05 Å². The van der Waals surface area contributed by atoms with E-state index in [4.69, 9.17) is 0 Å². The summed E-state index contributed by atoms with van der Waals surface area (Å²) in [6.45, 7) is 7.63. The van der Waals surface area contributed by atoms with Gasteiger partial charge in [-0.3, -0.25) is 4.90 Å². The summed E-state index contributed by atoms with van der Waals surface area (Å²) in [7, 11) is 2.14. The first-order chi connectivity index (χ1) is 6.77. The van der Waals surface area contributed by atoms with Crippen molar-refractivity contribution in [2.75, 3.05) is 13.6 Å². The Morgan fingerprint density at radius 3 is 2.64 bits per heavy atom. The molecule has 80 valence electrons. The molecule has 0 radical (unpaired) electrons. The van der Waals surface area contributed by atoms with Gasteiger partial charge in [-0.2, -0.15) is 0 Å². The fourth-order valence-electron chi connectivity index (χ4n) is 1.32. The van der Waals surface area contributed by atoms with Crippen LogP contribution in [0.1, 0.15) is 32.4 Å². The zero-order valence-corrected chi connectivity index (χ0v) is 9.53. The SMILES string of the molecule is CCCC.CN1CCn2cncc2C1. The first kappa shape index (κ1) is 11.2. The molecule has 0 bridgehead atoms. The highest BCUT2D eigenvalue weighted by Gasteiger charge is 2.10. The van der Waals surface area contributed by atoms with Gasteiger partial charge in [0.15, 0.2) is 0 Å². The predicted octanol–water partition coefficient (Wildman–Crippen LogP) is 2.13. The first-order valence-electron chi connectivity index (χ1n) is 5.45. The molecule has 2 heterocycles. The third-order valence-electron chi connectivity index (χ3n) is 2.45. The van der Waals surface area contributed by atoms with Crippen LogP contribution in [0.5, 0.6) is 0 Å². The maximum atomic E-state index is 4.07. The molecular formula is C11H21N3. The zero-order valence-electron chi connectivity index (χ0n) is 9.53. The molecule has 0 fully saturated rings. The van der Waals surface area contributed by atoms with Crippen LogP contribution in [0.3, 0.4) is 0 Å². The molecule has 0 saturated heterocycles. The molecule has 0 aromatic carbocycles. The Balaban J connectivity index is 0.000000213. The van der Waals surface area contributed by atoms with E-state index in [0.29, 0.717) is 0 Å². The number of imidazole rings is 1. The second kappa shape index (κ2) is 5.81. The minimum absolute atomic E-state index is 1.04. The molecule has 0 amide bonds. The van der Waals surface area contributed by atoms with E-state index in [9.17, 15) is 0 Å². The maximum absolute atomic E-state index is 4.07. The summed E-state index contributed by atoms with van der Waals surface area (Å²) in [6, 6.07) is 0. The Morgan fingerprint density at radius 2 is 2.00 bits per heavy atom. The highest BCUT2D eigenvalue weighted by molar-refractivity contribution is 5.00. The molecule has 2 rings (SSSR count). The number of unbranched alkanes of at least 4 members (excludes halogenated alkanes) is 1. The Hall–Kier alpha value is -0.830. The van der Waals surface area contributed by atoms with Crippen LogP contribution in [0.4, 0.5) is 0 Å². The summed E-state index contributed by atoms with van der Waals surface area (Å²) in [6.07, 6.45) is 6.48. The molecule has 0 N–H and O–H groups in total. The van der Waals surface area contributed by atoms with Crippen molar-refractivity contribution in [2.45, 2.75) is 39.8 Å². The minimum Gasteiger partial charge on any atom is -0.332 e. The van der Waals surface area contributed by atoms with Gasteiger partial charge >= 0.3 is 0 Å². The molecule has 1 aromatic rings. The van der Waals surface area contributed by atoms with Gasteiger partial charge in [-0.25, -0.2) is 4.98 Å². The average molecular weight is 195 g/mol. The number of rotatable bonds is 1. The van der Waals surface area contributed by atoms with Gasteiger partial charge in [-0.1, -0.05) is 26.7 Å². The Kier molecular flexibility index (Phi) is 4.66. The minimum atomic E-state index is 1.04. The van der Waals surface area contributed by atoms with Crippen LogP contribution in [-0.2, 0) is 13.1 Å². The lowest BCUT2D eigenvalue weighted by molar-refractivity contribution is 0.270. The Morgan fingerprint density at radius 1 is 1.29 bits per heavy atom. The van der Waals surface area contributed by atoms with E-state index in [0.717, 1.165) is 19.6 Å². The van der Waals surface area contributed by atoms with Crippen molar-refractivity contribution >= 4 is 0 Å². The van der Waals surface area contributed by atoms with Crippen molar-refractivity contribution < 1.29 is 0 Å². The van der Waals surface area contributed by atoms with Gasteiger partial charge in [0.05, 0.1) is 12.0 Å². The number of hydrogen-bond donors (Lipinski definition) is 0. The van der Waals surface area contributed by atoms with E-state index in [1.54, 1.807) is 0 Å². The summed E-state index contributed by atoms with van der Waals surface area (Å²) in [5.74, 6) is 0. The number of nitrogens with zero attached hydrogens (tertiary/aromatic N) is 3. The standard InChI is InChI=1S/C7H11N3.C4H10/c1-9-2-3-10-6-8-4-7(10)5-9;1-3-4-2/h4,6H,2-3,5H2,1H3;3-4H2,1-2H3. The third-order valence-corrected chi connectivity index (χ3v) is 2.45. The van der Waals surface area contributed by atoms with Crippen LogP contribution >= 0.6 is 0 Å². The van der Waals surface area contributed by atoms with Crippen LogP contribution in [-0.4, -0.2) is 28.0 Å². The quantitative estimate of drug-likeness (QED) is 0.684. The summed E-state index contributed by atoms with van der Waals surface area (Å²) in [4.78, 5) is 6.38.